The number of carbonyl (C=O) groups is 2. The predicted molar refractivity (Wildman–Crippen MR) is 103 cm³/mol. The Labute approximate surface area is 162 Å². The Morgan fingerprint density at radius 1 is 1.11 bits per heavy atom. The van der Waals surface area contributed by atoms with Crippen LogP contribution in [0.25, 0.3) is 0 Å². The zero-order valence-electron chi connectivity index (χ0n) is 14.6. The number of benzene rings is 2. The van der Waals surface area contributed by atoms with Crippen LogP contribution in [0, 0.1) is 0 Å². The van der Waals surface area contributed by atoms with Gasteiger partial charge in [0.15, 0.2) is 6.61 Å². The zero-order chi connectivity index (χ0) is 19.9. The van der Waals surface area contributed by atoms with Gasteiger partial charge in [0, 0.05) is 11.6 Å². The lowest BCUT2D eigenvalue weighted by Gasteiger charge is -2.21. The Morgan fingerprint density at radius 3 is 2.44 bits per heavy atom. The van der Waals surface area contributed by atoms with Crippen molar-refractivity contribution in [3.05, 3.63) is 65.2 Å². The molecule has 0 heterocycles. The first-order chi connectivity index (χ1) is 12.8. The van der Waals surface area contributed by atoms with E-state index in [2.05, 4.69) is 5.32 Å². The van der Waals surface area contributed by atoms with Gasteiger partial charge in [-0.05, 0) is 23.8 Å². The van der Waals surface area contributed by atoms with E-state index in [4.69, 9.17) is 16.3 Å². The van der Waals surface area contributed by atoms with E-state index in [0.717, 1.165) is 16.1 Å². The molecule has 0 bridgehead atoms. The summed E-state index contributed by atoms with van der Waals surface area (Å²) in [5.74, 6) is -1.34. The van der Waals surface area contributed by atoms with Crippen LogP contribution in [0.1, 0.15) is 5.56 Å². The first-order valence-electron chi connectivity index (χ1n) is 7.95. The monoisotopic (exact) mass is 410 g/mol. The number of sulfonamides is 1. The van der Waals surface area contributed by atoms with Crippen molar-refractivity contribution < 1.29 is 22.7 Å². The van der Waals surface area contributed by atoms with Crippen LogP contribution in [0.5, 0.6) is 0 Å². The number of ether oxygens (including phenoxy) is 1. The number of amides is 1. The summed E-state index contributed by atoms with van der Waals surface area (Å²) in [5.41, 5.74) is 1.14. The van der Waals surface area contributed by atoms with Gasteiger partial charge in [-0.2, -0.15) is 0 Å². The second-order valence-electron chi connectivity index (χ2n) is 5.67. The van der Waals surface area contributed by atoms with Gasteiger partial charge >= 0.3 is 5.97 Å². The minimum absolute atomic E-state index is 0.232. The second-order valence-corrected chi connectivity index (χ2v) is 8.02. The van der Waals surface area contributed by atoms with Crippen molar-refractivity contribution in [3.8, 4) is 0 Å². The van der Waals surface area contributed by atoms with Gasteiger partial charge in [-0.1, -0.05) is 48.0 Å². The molecule has 0 spiro atoms. The van der Waals surface area contributed by atoms with Crippen LogP contribution in [0.4, 0.5) is 5.69 Å². The molecule has 9 heteroatoms. The van der Waals surface area contributed by atoms with Crippen molar-refractivity contribution in [1.29, 1.82) is 0 Å². The van der Waals surface area contributed by atoms with Crippen molar-refractivity contribution in [2.45, 2.75) is 6.54 Å². The van der Waals surface area contributed by atoms with Crippen molar-refractivity contribution in [3.63, 3.8) is 0 Å². The summed E-state index contributed by atoms with van der Waals surface area (Å²) in [5, 5.41) is 2.94. The Bertz CT molecular complexity index is 903. The largest absolute Gasteiger partial charge is 0.454 e. The summed E-state index contributed by atoms with van der Waals surface area (Å²) >= 11 is 5.87. The third-order valence-electron chi connectivity index (χ3n) is 3.47. The fourth-order valence-electron chi connectivity index (χ4n) is 2.19. The highest BCUT2D eigenvalue weighted by Crippen LogP contribution is 2.21. The number of halogens is 1. The highest BCUT2D eigenvalue weighted by atomic mass is 35.5. The Kier molecular flexibility index (Phi) is 7.20. The lowest BCUT2D eigenvalue weighted by Crippen LogP contribution is -2.37. The van der Waals surface area contributed by atoms with E-state index >= 15 is 0 Å². The summed E-state index contributed by atoms with van der Waals surface area (Å²) in [4.78, 5) is 23.8. The molecule has 0 radical (unpaired) electrons. The van der Waals surface area contributed by atoms with E-state index in [1.807, 2.05) is 30.3 Å². The van der Waals surface area contributed by atoms with Crippen molar-refractivity contribution >= 4 is 39.2 Å². The molecule has 27 heavy (non-hydrogen) atoms. The van der Waals surface area contributed by atoms with Gasteiger partial charge in [-0.15, -0.1) is 0 Å². The zero-order valence-corrected chi connectivity index (χ0v) is 16.2. The number of anilines is 1. The summed E-state index contributed by atoms with van der Waals surface area (Å²) in [6, 6.07) is 15.3. The average molecular weight is 411 g/mol. The molecule has 1 amide bonds. The maximum Gasteiger partial charge on any atom is 0.327 e. The number of carbonyl (C=O) groups excluding carboxylic acids is 2. The van der Waals surface area contributed by atoms with Gasteiger partial charge in [0.25, 0.3) is 5.91 Å². The molecule has 0 aromatic heterocycles. The van der Waals surface area contributed by atoms with Gasteiger partial charge in [0.05, 0.1) is 11.9 Å². The first kappa shape index (κ1) is 20.7. The van der Waals surface area contributed by atoms with Gasteiger partial charge in [0.1, 0.15) is 6.54 Å². The molecule has 0 aliphatic rings. The molecule has 2 aromatic rings. The summed E-state index contributed by atoms with van der Waals surface area (Å²) in [6.45, 7) is -0.765. The molecule has 7 nitrogen and oxygen atoms in total. The normalized spacial score (nSPS) is 10.9. The first-order valence-corrected chi connectivity index (χ1v) is 10.2. The molecule has 144 valence electrons. The van der Waals surface area contributed by atoms with E-state index in [1.54, 1.807) is 12.1 Å². The molecule has 0 saturated heterocycles. The standard InChI is InChI=1S/C18H19ClN2O5S/c1-27(24,25)21(16-9-5-8-15(19)10-16)12-18(23)26-13-17(22)20-11-14-6-3-2-4-7-14/h2-10H,11-13H2,1H3,(H,20,22). The molecule has 1 N–H and O–H groups in total. The highest BCUT2D eigenvalue weighted by molar-refractivity contribution is 7.92. The van der Waals surface area contributed by atoms with Crippen LogP contribution >= 0.6 is 11.6 Å². The van der Waals surface area contributed by atoms with Crippen LogP contribution in [-0.4, -0.2) is 39.7 Å². The number of esters is 1. The van der Waals surface area contributed by atoms with Crippen LogP contribution in [-0.2, 0) is 30.9 Å². The van der Waals surface area contributed by atoms with Crippen LogP contribution in [0.3, 0.4) is 0 Å². The smallest absolute Gasteiger partial charge is 0.327 e. The summed E-state index contributed by atoms with van der Waals surface area (Å²) < 4.78 is 29.7. The third kappa shape index (κ3) is 6.92. The van der Waals surface area contributed by atoms with E-state index in [-0.39, 0.29) is 5.69 Å². The lowest BCUT2D eigenvalue weighted by molar-refractivity contribution is -0.147. The summed E-state index contributed by atoms with van der Waals surface area (Å²) in [6.07, 6.45) is 0.966. The van der Waals surface area contributed by atoms with Gasteiger partial charge in [-0.25, -0.2) is 8.42 Å². The van der Waals surface area contributed by atoms with Crippen molar-refractivity contribution in [2.75, 3.05) is 23.7 Å². The number of hydrogen-bond donors (Lipinski definition) is 1. The van der Waals surface area contributed by atoms with E-state index < -0.39 is 35.1 Å². The molecule has 0 aliphatic carbocycles. The quantitative estimate of drug-likeness (QED) is 0.671. The Hall–Kier alpha value is -2.58. The fraction of sp³-hybridized carbons (Fsp3) is 0.222. The number of hydrogen-bond acceptors (Lipinski definition) is 5. The fourth-order valence-corrected chi connectivity index (χ4v) is 3.21. The van der Waals surface area contributed by atoms with Gasteiger partial charge in [0.2, 0.25) is 10.0 Å². The topological polar surface area (TPSA) is 92.8 Å². The van der Waals surface area contributed by atoms with E-state index in [9.17, 15) is 18.0 Å². The number of nitrogens with zero attached hydrogens (tertiary/aromatic N) is 1. The van der Waals surface area contributed by atoms with Crippen molar-refractivity contribution in [1.82, 2.24) is 5.32 Å². The highest BCUT2D eigenvalue weighted by Gasteiger charge is 2.22. The maximum atomic E-state index is 12.0. The Morgan fingerprint density at radius 2 is 1.81 bits per heavy atom. The van der Waals surface area contributed by atoms with E-state index in [1.165, 1.54) is 12.1 Å². The van der Waals surface area contributed by atoms with Gasteiger partial charge in [-0.3, -0.25) is 13.9 Å². The molecule has 2 aromatic carbocycles. The maximum absolute atomic E-state index is 12.0. The Balaban J connectivity index is 1.89. The molecule has 2 rings (SSSR count). The molecule has 0 unspecified atom stereocenters. The van der Waals surface area contributed by atoms with Crippen molar-refractivity contribution in [2.24, 2.45) is 0 Å². The molecule has 0 saturated carbocycles. The van der Waals surface area contributed by atoms with Crippen LogP contribution < -0.4 is 9.62 Å². The molecule has 0 atom stereocenters. The molecular weight excluding hydrogens is 392 g/mol. The van der Waals surface area contributed by atoms with Crippen LogP contribution in [0.2, 0.25) is 5.02 Å². The predicted octanol–water partition coefficient (Wildman–Crippen LogP) is 1.97. The molecule has 0 aliphatic heterocycles. The minimum atomic E-state index is -3.74. The average Bonchev–Trinajstić information content (AvgIpc) is 2.62. The molecule has 0 fully saturated rings. The number of rotatable bonds is 8. The minimum Gasteiger partial charge on any atom is -0.454 e. The lowest BCUT2D eigenvalue weighted by atomic mass is 10.2. The van der Waals surface area contributed by atoms with E-state index in [0.29, 0.717) is 11.6 Å². The third-order valence-corrected chi connectivity index (χ3v) is 4.84. The SMILES string of the molecule is CS(=O)(=O)N(CC(=O)OCC(=O)NCc1ccccc1)c1cccc(Cl)c1. The number of nitrogens with one attached hydrogen (secondary N) is 1. The molecular formula is C18H19ClN2O5S. The summed E-state index contributed by atoms with van der Waals surface area (Å²) in [7, 11) is -3.74. The van der Waals surface area contributed by atoms with Crippen LogP contribution in [0.15, 0.2) is 54.6 Å². The second kappa shape index (κ2) is 9.38. The van der Waals surface area contributed by atoms with Gasteiger partial charge < -0.3 is 10.1 Å².